The maximum atomic E-state index is 10.7. The highest BCUT2D eigenvalue weighted by atomic mass is 16.5. The van der Waals surface area contributed by atoms with Crippen LogP contribution in [0, 0.1) is 0 Å². The Morgan fingerprint density at radius 2 is 0.674 bits per heavy atom. The van der Waals surface area contributed by atoms with Gasteiger partial charge in [-0.25, -0.2) is 0 Å². The lowest BCUT2D eigenvalue weighted by molar-refractivity contribution is -0.0113. The average molecular weight is 614 g/mol. The van der Waals surface area contributed by atoms with Gasteiger partial charge in [0, 0.05) is 26.3 Å². The third-order valence-electron chi connectivity index (χ3n) is 8.67. The number of nitrogens with zero attached hydrogens (tertiary/aromatic N) is 1. The van der Waals surface area contributed by atoms with Gasteiger partial charge in [-0.2, -0.15) is 0 Å². The van der Waals surface area contributed by atoms with Crippen molar-refractivity contribution in [1.29, 1.82) is 0 Å². The molecule has 0 rings (SSSR count). The monoisotopic (exact) mass is 614 g/mol. The zero-order valence-corrected chi connectivity index (χ0v) is 29.6. The van der Waals surface area contributed by atoms with Crippen LogP contribution in [0.15, 0.2) is 0 Å². The van der Waals surface area contributed by atoms with Crippen molar-refractivity contribution >= 4 is 0 Å². The van der Waals surface area contributed by atoms with Crippen molar-refractivity contribution in [3.05, 3.63) is 0 Å². The van der Waals surface area contributed by atoms with Crippen LogP contribution in [0.3, 0.4) is 0 Å². The molecule has 0 fully saturated rings. The molecule has 260 valence electrons. The maximum Gasteiger partial charge on any atom is 0.0900 e. The normalized spacial score (nSPS) is 13.3. The van der Waals surface area contributed by atoms with Crippen LogP contribution < -0.4 is 0 Å². The summed E-state index contributed by atoms with van der Waals surface area (Å²) < 4.78 is 11.6. The summed E-state index contributed by atoms with van der Waals surface area (Å²) in [7, 11) is 0. The Labute approximate surface area is 270 Å². The van der Waals surface area contributed by atoms with Crippen molar-refractivity contribution < 1.29 is 19.7 Å². The Morgan fingerprint density at radius 1 is 0.395 bits per heavy atom. The van der Waals surface area contributed by atoms with Gasteiger partial charge in [0.1, 0.15) is 0 Å². The molecular formula is C38H79NO4. The maximum absolute atomic E-state index is 10.7. The van der Waals surface area contributed by atoms with Crippen molar-refractivity contribution in [2.75, 3.05) is 46.1 Å². The quantitative estimate of drug-likeness (QED) is 0.0683. The van der Waals surface area contributed by atoms with Gasteiger partial charge in [-0.15, -0.1) is 0 Å². The second-order valence-corrected chi connectivity index (χ2v) is 13.3. The number of aliphatic hydroxyl groups is 2. The minimum Gasteiger partial charge on any atom is -0.389 e. The van der Waals surface area contributed by atoms with Crippen molar-refractivity contribution in [1.82, 2.24) is 4.90 Å². The molecular weight excluding hydrogens is 534 g/mol. The van der Waals surface area contributed by atoms with Crippen LogP contribution in [0.5, 0.6) is 0 Å². The molecule has 43 heavy (non-hydrogen) atoms. The Balaban J connectivity index is 4.15. The first-order valence-corrected chi connectivity index (χ1v) is 19.4. The van der Waals surface area contributed by atoms with Crippen molar-refractivity contribution in [3.63, 3.8) is 0 Å². The third kappa shape index (κ3) is 34.5. The first-order chi connectivity index (χ1) is 21.1. The summed E-state index contributed by atoms with van der Waals surface area (Å²) in [5, 5.41) is 21.4. The lowest BCUT2D eigenvalue weighted by Crippen LogP contribution is -2.41. The van der Waals surface area contributed by atoms with Gasteiger partial charge in [0.2, 0.25) is 0 Å². The summed E-state index contributed by atoms with van der Waals surface area (Å²) in [6.45, 7) is 11.0. The topological polar surface area (TPSA) is 62.2 Å². The largest absolute Gasteiger partial charge is 0.389 e. The van der Waals surface area contributed by atoms with Crippen LogP contribution in [0.4, 0.5) is 0 Å². The summed E-state index contributed by atoms with van der Waals surface area (Å²) in [4.78, 5) is 2.23. The Bertz CT molecular complexity index is 478. The summed E-state index contributed by atoms with van der Waals surface area (Å²) in [5.74, 6) is 0. The van der Waals surface area contributed by atoms with Crippen LogP contribution >= 0.6 is 0 Å². The summed E-state index contributed by atoms with van der Waals surface area (Å²) >= 11 is 0. The minimum atomic E-state index is -0.511. The molecule has 5 nitrogen and oxygen atoms in total. The molecule has 2 N–H and O–H groups in total. The highest BCUT2D eigenvalue weighted by Gasteiger charge is 2.16. The first kappa shape index (κ1) is 42.8. The third-order valence-corrected chi connectivity index (χ3v) is 8.67. The number of aliphatic hydroxyl groups excluding tert-OH is 2. The molecule has 0 heterocycles. The van der Waals surface area contributed by atoms with Gasteiger partial charge in [0.05, 0.1) is 25.4 Å². The fourth-order valence-electron chi connectivity index (χ4n) is 5.90. The van der Waals surface area contributed by atoms with Gasteiger partial charge in [0.15, 0.2) is 0 Å². The zero-order valence-electron chi connectivity index (χ0n) is 29.6. The molecule has 0 amide bonds. The van der Waals surface area contributed by atoms with E-state index in [4.69, 9.17) is 9.47 Å². The second-order valence-electron chi connectivity index (χ2n) is 13.3. The van der Waals surface area contributed by atoms with E-state index < -0.39 is 12.2 Å². The van der Waals surface area contributed by atoms with E-state index in [1.807, 2.05) is 0 Å². The number of ether oxygens (including phenoxy) is 2. The molecule has 0 aliphatic carbocycles. The van der Waals surface area contributed by atoms with Gasteiger partial charge in [-0.3, -0.25) is 4.90 Å². The first-order valence-electron chi connectivity index (χ1n) is 19.4. The molecule has 0 aliphatic rings. The molecule has 0 bridgehead atoms. The van der Waals surface area contributed by atoms with E-state index in [9.17, 15) is 10.2 Å². The van der Waals surface area contributed by atoms with Crippen molar-refractivity contribution in [2.45, 2.75) is 200 Å². The van der Waals surface area contributed by atoms with Gasteiger partial charge < -0.3 is 19.7 Å². The highest BCUT2D eigenvalue weighted by Crippen LogP contribution is 2.14. The van der Waals surface area contributed by atoms with Gasteiger partial charge in [-0.1, -0.05) is 168 Å². The smallest absolute Gasteiger partial charge is 0.0900 e. The van der Waals surface area contributed by atoms with Crippen molar-refractivity contribution in [3.8, 4) is 0 Å². The fourth-order valence-corrected chi connectivity index (χ4v) is 5.90. The molecule has 5 heteroatoms. The Morgan fingerprint density at radius 3 is 1.00 bits per heavy atom. The molecule has 0 aromatic carbocycles. The number of hydrogen-bond acceptors (Lipinski definition) is 5. The molecule has 0 aromatic heterocycles. The molecule has 2 unspecified atom stereocenters. The molecule has 2 atom stereocenters. The molecule has 0 spiro atoms. The van der Waals surface area contributed by atoms with E-state index in [1.165, 1.54) is 148 Å². The van der Waals surface area contributed by atoms with Crippen LogP contribution in [0.25, 0.3) is 0 Å². The molecule has 0 saturated heterocycles. The van der Waals surface area contributed by atoms with Gasteiger partial charge in [0.25, 0.3) is 0 Å². The van der Waals surface area contributed by atoms with Crippen LogP contribution in [0.1, 0.15) is 188 Å². The zero-order chi connectivity index (χ0) is 31.5. The minimum absolute atomic E-state index is 0.384. The van der Waals surface area contributed by atoms with E-state index in [0.717, 1.165) is 39.0 Å². The fraction of sp³-hybridized carbons (Fsp3) is 1.00. The lowest BCUT2D eigenvalue weighted by Gasteiger charge is -2.27. The van der Waals surface area contributed by atoms with Crippen LogP contribution in [-0.4, -0.2) is 73.4 Å². The van der Waals surface area contributed by atoms with Gasteiger partial charge in [-0.05, 0) is 25.8 Å². The standard InChI is InChI=1S/C38H79NO4/c1-4-7-10-13-16-17-18-19-20-21-22-23-24-27-30-39(33-37(40)35-42-31-28-25-14-11-8-5-2)34-38(41)36-43-32-29-26-15-12-9-6-3/h37-38,40-41H,4-36H2,1-3H3. The summed E-state index contributed by atoms with van der Waals surface area (Å²) in [6.07, 6.45) is 32.9. The van der Waals surface area contributed by atoms with E-state index in [-0.39, 0.29) is 0 Å². The van der Waals surface area contributed by atoms with Crippen molar-refractivity contribution in [2.24, 2.45) is 0 Å². The molecule has 0 radical (unpaired) electrons. The van der Waals surface area contributed by atoms with Crippen LogP contribution in [0.2, 0.25) is 0 Å². The lowest BCUT2D eigenvalue weighted by atomic mass is 10.0. The number of hydrogen-bond donors (Lipinski definition) is 2. The SMILES string of the molecule is CCCCCCCCCCCCCCCCN(CC(O)COCCCCCCCC)CC(O)COCCCCCCCC. The number of unbranched alkanes of at least 4 members (excludes halogenated alkanes) is 23. The highest BCUT2D eigenvalue weighted by molar-refractivity contribution is 4.69. The molecule has 0 aromatic rings. The Kier molecular flexibility index (Phi) is 36.1. The molecule has 0 aliphatic heterocycles. The van der Waals surface area contributed by atoms with E-state index >= 15 is 0 Å². The predicted octanol–water partition coefficient (Wildman–Crippen LogP) is 10.2. The second kappa shape index (κ2) is 36.3. The van der Waals surface area contributed by atoms with Gasteiger partial charge >= 0.3 is 0 Å². The predicted molar refractivity (Wildman–Crippen MR) is 187 cm³/mol. The summed E-state index contributed by atoms with van der Waals surface area (Å²) in [6, 6.07) is 0. The van der Waals surface area contributed by atoms with Crippen LogP contribution in [-0.2, 0) is 9.47 Å². The average Bonchev–Trinajstić information content (AvgIpc) is 3.00. The van der Waals surface area contributed by atoms with E-state index in [0.29, 0.717) is 26.3 Å². The molecule has 0 saturated carbocycles. The summed E-state index contributed by atoms with van der Waals surface area (Å²) in [5.41, 5.74) is 0. The Hall–Kier alpha value is -0.200. The van der Waals surface area contributed by atoms with E-state index in [2.05, 4.69) is 25.7 Å². The number of rotatable bonds is 37. The van der Waals surface area contributed by atoms with E-state index in [1.54, 1.807) is 0 Å².